The number of pyridine rings is 1. The summed E-state index contributed by atoms with van der Waals surface area (Å²) < 4.78 is 33.5. The minimum Gasteiger partial charge on any atom is -0.457 e. The van der Waals surface area contributed by atoms with Crippen LogP contribution >= 0.6 is 0 Å². The number of rotatable bonds is 6. The van der Waals surface area contributed by atoms with Crippen LogP contribution in [0.1, 0.15) is 26.3 Å². The highest BCUT2D eigenvalue weighted by atomic mass is 32.2. The Balaban J connectivity index is 1.38. The summed E-state index contributed by atoms with van der Waals surface area (Å²) in [5, 5.41) is 1.08. The van der Waals surface area contributed by atoms with Gasteiger partial charge in [0.1, 0.15) is 6.61 Å². The molecule has 0 fully saturated rings. The molecule has 5 rings (SSSR count). The van der Waals surface area contributed by atoms with Crippen molar-refractivity contribution < 1.29 is 22.7 Å². The third-order valence-electron chi connectivity index (χ3n) is 5.65. The maximum absolute atomic E-state index is 13.3. The van der Waals surface area contributed by atoms with Gasteiger partial charge in [-0.15, -0.1) is 0 Å². The van der Waals surface area contributed by atoms with Gasteiger partial charge in [-0.1, -0.05) is 66.7 Å². The van der Waals surface area contributed by atoms with Crippen LogP contribution in [-0.4, -0.2) is 25.3 Å². The Morgan fingerprint density at radius 3 is 1.89 bits per heavy atom. The van der Waals surface area contributed by atoms with Crippen LogP contribution < -0.4 is 4.72 Å². The molecule has 0 aliphatic carbocycles. The monoisotopic (exact) mass is 496 g/mol. The SMILES string of the molecule is O=C(OCc1ccccc1)c1ccc(S(=O)(=O)NC(=O)c2c3ccccc3nc3ccccc23)cc1. The maximum atomic E-state index is 13.3. The van der Waals surface area contributed by atoms with Gasteiger partial charge in [-0.3, -0.25) is 4.79 Å². The van der Waals surface area contributed by atoms with Crippen LogP contribution in [0.15, 0.2) is 108 Å². The largest absolute Gasteiger partial charge is 0.457 e. The first-order valence-electron chi connectivity index (χ1n) is 11.1. The molecular weight excluding hydrogens is 476 g/mol. The molecule has 0 radical (unpaired) electrons. The molecule has 0 bridgehead atoms. The minimum absolute atomic E-state index is 0.101. The number of carbonyl (C=O) groups excluding carboxylic acids is 2. The van der Waals surface area contributed by atoms with Crippen LogP contribution in [-0.2, 0) is 21.4 Å². The molecule has 1 amide bonds. The second-order valence-electron chi connectivity index (χ2n) is 8.04. The number of para-hydroxylation sites is 2. The van der Waals surface area contributed by atoms with Gasteiger partial charge in [-0.05, 0) is 42.0 Å². The van der Waals surface area contributed by atoms with E-state index in [4.69, 9.17) is 4.74 Å². The summed E-state index contributed by atoms with van der Waals surface area (Å²) >= 11 is 0. The van der Waals surface area contributed by atoms with E-state index in [0.29, 0.717) is 21.8 Å². The fourth-order valence-corrected chi connectivity index (χ4v) is 4.85. The second-order valence-corrected chi connectivity index (χ2v) is 9.72. The van der Waals surface area contributed by atoms with Crippen LogP contribution in [0.25, 0.3) is 21.8 Å². The molecule has 1 aromatic heterocycles. The van der Waals surface area contributed by atoms with Crippen LogP contribution in [0.3, 0.4) is 0 Å². The van der Waals surface area contributed by atoms with E-state index in [1.54, 1.807) is 48.5 Å². The van der Waals surface area contributed by atoms with E-state index in [2.05, 4.69) is 9.71 Å². The van der Waals surface area contributed by atoms with Crippen molar-refractivity contribution in [2.75, 3.05) is 0 Å². The van der Waals surface area contributed by atoms with E-state index in [1.807, 2.05) is 30.3 Å². The Kier molecular flexibility index (Phi) is 6.18. The lowest BCUT2D eigenvalue weighted by Gasteiger charge is -2.12. The van der Waals surface area contributed by atoms with Crippen molar-refractivity contribution in [2.45, 2.75) is 11.5 Å². The summed E-state index contributed by atoms with van der Waals surface area (Å²) in [5.74, 6) is -1.35. The molecule has 0 atom stereocenters. The van der Waals surface area contributed by atoms with E-state index >= 15 is 0 Å². The van der Waals surface area contributed by atoms with Crippen molar-refractivity contribution in [3.63, 3.8) is 0 Å². The number of hydrogen-bond acceptors (Lipinski definition) is 6. The molecule has 0 aliphatic heterocycles. The number of carbonyl (C=O) groups is 2. The third-order valence-corrected chi connectivity index (χ3v) is 7.00. The standard InChI is InChI=1S/C28H20N2O5S/c31-27(26-22-10-4-6-12-24(22)29-25-13-7-5-11-23(25)26)30-36(33,34)21-16-14-20(15-17-21)28(32)35-18-19-8-2-1-3-9-19/h1-17H,18H2,(H,30,31). The summed E-state index contributed by atoms with van der Waals surface area (Å²) in [6.45, 7) is 0.101. The molecule has 5 aromatic rings. The molecule has 7 nitrogen and oxygen atoms in total. The third kappa shape index (κ3) is 4.67. The molecular formula is C28H20N2O5S. The molecule has 4 aromatic carbocycles. The van der Waals surface area contributed by atoms with Crippen molar-refractivity contribution >= 4 is 43.7 Å². The van der Waals surface area contributed by atoms with E-state index < -0.39 is 21.9 Å². The molecule has 1 N–H and O–H groups in total. The zero-order valence-electron chi connectivity index (χ0n) is 18.9. The molecule has 36 heavy (non-hydrogen) atoms. The molecule has 8 heteroatoms. The predicted octanol–water partition coefficient (Wildman–Crippen LogP) is 4.86. The number of aromatic nitrogens is 1. The summed E-state index contributed by atoms with van der Waals surface area (Å²) in [6.07, 6.45) is 0. The molecule has 0 saturated carbocycles. The summed E-state index contributed by atoms with van der Waals surface area (Å²) in [7, 11) is -4.21. The van der Waals surface area contributed by atoms with Gasteiger partial charge >= 0.3 is 5.97 Å². The fraction of sp³-hybridized carbons (Fsp3) is 0.0357. The first-order valence-corrected chi connectivity index (χ1v) is 12.6. The Morgan fingerprint density at radius 1 is 0.722 bits per heavy atom. The van der Waals surface area contributed by atoms with E-state index in [-0.39, 0.29) is 22.6 Å². The van der Waals surface area contributed by atoms with Crippen molar-refractivity contribution in [3.8, 4) is 0 Å². The average molecular weight is 497 g/mol. The summed E-state index contributed by atoms with van der Waals surface area (Å²) in [4.78, 5) is 30.0. The van der Waals surface area contributed by atoms with Crippen LogP contribution in [0.2, 0.25) is 0 Å². The molecule has 178 valence electrons. The zero-order chi connectivity index (χ0) is 25.1. The van der Waals surface area contributed by atoms with Gasteiger partial charge in [0.2, 0.25) is 0 Å². The number of nitrogens with zero attached hydrogens (tertiary/aromatic N) is 1. The fourth-order valence-electron chi connectivity index (χ4n) is 3.89. The second kappa shape index (κ2) is 9.59. The number of hydrogen-bond donors (Lipinski definition) is 1. The van der Waals surface area contributed by atoms with Crippen LogP contribution in [0, 0.1) is 0 Å². The molecule has 0 spiro atoms. The normalized spacial score (nSPS) is 11.3. The number of amides is 1. The zero-order valence-corrected chi connectivity index (χ0v) is 19.7. The van der Waals surface area contributed by atoms with Crippen LogP contribution in [0.4, 0.5) is 0 Å². The number of nitrogens with one attached hydrogen (secondary N) is 1. The molecule has 0 aliphatic rings. The first kappa shape index (κ1) is 23.2. The average Bonchev–Trinajstić information content (AvgIpc) is 2.90. The van der Waals surface area contributed by atoms with Gasteiger partial charge in [-0.25, -0.2) is 22.9 Å². The minimum atomic E-state index is -4.21. The number of ether oxygens (including phenoxy) is 1. The van der Waals surface area contributed by atoms with Crippen molar-refractivity contribution in [1.29, 1.82) is 0 Å². The number of fused-ring (bicyclic) bond motifs is 2. The topological polar surface area (TPSA) is 102 Å². The Labute approximate surface area is 207 Å². The first-order chi connectivity index (χ1) is 17.4. The van der Waals surface area contributed by atoms with Crippen LogP contribution in [0.5, 0.6) is 0 Å². The Bertz CT molecular complexity index is 1650. The van der Waals surface area contributed by atoms with Gasteiger partial charge in [0.25, 0.3) is 15.9 Å². The van der Waals surface area contributed by atoms with Gasteiger partial charge in [-0.2, -0.15) is 0 Å². The van der Waals surface area contributed by atoms with Gasteiger partial charge in [0, 0.05) is 10.8 Å². The van der Waals surface area contributed by atoms with Crippen molar-refractivity contribution in [2.24, 2.45) is 0 Å². The molecule has 0 unspecified atom stereocenters. The summed E-state index contributed by atoms with van der Waals surface area (Å²) in [5.41, 5.74) is 2.42. The molecule has 0 saturated heterocycles. The maximum Gasteiger partial charge on any atom is 0.338 e. The lowest BCUT2D eigenvalue weighted by Crippen LogP contribution is -2.31. The van der Waals surface area contributed by atoms with Crippen molar-refractivity contribution in [3.05, 3.63) is 120 Å². The van der Waals surface area contributed by atoms with E-state index in [9.17, 15) is 18.0 Å². The molecule has 1 heterocycles. The number of esters is 1. The number of sulfonamides is 1. The highest BCUT2D eigenvalue weighted by Gasteiger charge is 2.23. The lowest BCUT2D eigenvalue weighted by molar-refractivity contribution is 0.0472. The van der Waals surface area contributed by atoms with Gasteiger partial charge in [0.05, 0.1) is 27.1 Å². The highest BCUT2D eigenvalue weighted by Crippen LogP contribution is 2.26. The smallest absolute Gasteiger partial charge is 0.338 e. The van der Waals surface area contributed by atoms with Gasteiger partial charge < -0.3 is 4.74 Å². The quantitative estimate of drug-likeness (QED) is 0.266. The Hall–Kier alpha value is -4.56. The Morgan fingerprint density at radius 2 is 1.28 bits per heavy atom. The van der Waals surface area contributed by atoms with E-state index in [0.717, 1.165) is 5.56 Å². The number of benzene rings is 4. The van der Waals surface area contributed by atoms with E-state index in [1.165, 1.54) is 24.3 Å². The lowest BCUT2D eigenvalue weighted by atomic mass is 10.0. The van der Waals surface area contributed by atoms with Crippen molar-refractivity contribution in [1.82, 2.24) is 9.71 Å². The predicted molar refractivity (Wildman–Crippen MR) is 136 cm³/mol. The van der Waals surface area contributed by atoms with Gasteiger partial charge in [0.15, 0.2) is 0 Å². The highest BCUT2D eigenvalue weighted by molar-refractivity contribution is 7.90. The summed E-state index contributed by atoms with van der Waals surface area (Å²) in [6, 6.07) is 28.6.